The molecule has 1 aromatic rings. The molecule has 0 fully saturated rings. The molecule has 2 unspecified atom stereocenters. The van der Waals surface area contributed by atoms with Gasteiger partial charge in [-0.15, -0.1) is 0 Å². The van der Waals surface area contributed by atoms with Gasteiger partial charge in [0.15, 0.2) is 0 Å². The summed E-state index contributed by atoms with van der Waals surface area (Å²) < 4.78 is 5.57. The third-order valence-corrected chi connectivity index (χ3v) is 2.62. The highest BCUT2D eigenvalue weighted by atomic mass is 16.5. The Kier molecular flexibility index (Phi) is 5.12. The number of fused-ring (bicyclic) bond motifs is 1. The molecule has 2 atom stereocenters. The molecule has 100 valence electrons. The van der Waals surface area contributed by atoms with Crippen molar-refractivity contribution in [3.63, 3.8) is 0 Å². The number of phenols is 1. The van der Waals surface area contributed by atoms with E-state index in [0.717, 1.165) is 24.5 Å². The summed E-state index contributed by atoms with van der Waals surface area (Å²) in [6.45, 7) is 3.71. The zero-order valence-corrected chi connectivity index (χ0v) is 10.6. The van der Waals surface area contributed by atoms with Gasteiger partial charge in [-0.05, 0) is 36.6 Å². The van der Waals surface area contributed by atoms with Gasteiger partial charge in [-0.1, -0.05) is 6.07 Å². The van der Waals surface area contributed by atoms with Crippen LogP contribution in [-0.2, 0) is 16.0 Å². The fourth-order valence-corrected chi connectivity index (χ4v) is 2.03. The third kappa shape index (κ3) is 3.72. The van der Waals surface area contributed by atoms with Crippen LogP contribution in [0.4, 0.5) is 0 Å². The van der Waals surface area contributed by atoms with Crippen LogP contribution in [0.3, 0.4) is 0 Å². The summed E-state index contributed by atoms with van der Waals surface area (Å²) in [5, 5.41) is 16.7. The Morgan fingerprint density at radius 1 is 1.56 bits per heavy atom. The van der Waals surface area contributed by atoms with Crippen LogP contribution >= 0.6 is 0 Å². The molecule has 0 saturated heterocycles. The average Bonchev–Trinajstić information content (AvgIpc) is 2.54. The molecular formula is C13H19NO4. The fraction of sp³-hybridized carbons (Fsp3) is 0.462. The van der Waals surface area contributed by atoms with Crippen LogP contribution in [0.25, 0.3) is 0 Å². The largest absolute Gasteiger partial charge is 0.508 e. The van der Waals surface area contributed by atoms with Gasteiger partial charge in [0, 0.05) is 19.6 Å². The van der Waals surface area contributed by atoms with Crippen LogP contribution in [0.2, 0.25) is 0 Å². The lowest BCUT2D eigenvalue weighted by atomic mass is 10.1. The second-order valence-corrected chi connectivity index (χ2v) is 4.15. The number of hydrogen-bond acceptors (Lipinski definition) is 4. The lowest BCUT2D eigenvalue weighted by Gasteiger charge is -2.16. The zero-order chi connectivity index (χ0) is 13.7. The molecule has 18 heavy (non-hydrogen) atoms. The summed E-state index contributed by atoms with van der Waals surface area (Å²) >= 11 is 0. The number of hydrogen-bond donors (Lipinski definition) is 3. The standard InChI is InChI=1S/C11H15NO2.C2H4O2/c1-2-14-11-9-4-3-8(13)5-7(9)6-10(11)12;1-2(3)4/h3-5,10-11,13H,2,6,12H2,1H3;1H3,(H,3,4). The van der Waals surface area contributed by atoms with E-state index in [-0.39, 0.29) is 12.1 Å². The van der Waals surface area contributed by atoms with Gasteiger partial charge >= 0.3 is 0 Å². The van der Waals surface area contributed by atoms with E-state index in [4.69, 9.17) is 20.4 Å². The number of ether oxygens (including phenoxy) is 1. The molecule has 0 heterocycles. The number of rotatable bonds is 2. The lowest BCUT2D eigenvalue weighted by Crippen LogP contribution is -2.26. The zero-order valence-electron chi connectivity index (χ0n) is 10.6. The van der Waals surface area contributed by atoms with E-state index in [0.29, 0.717) is 12.4 Å². The third-order valence-electron chi connectivity index (χ3n) is 2.62. The molecule has 0 saturated carbocycles. The van der Waals surface area contributed by atoms with Crippen molar-refractivity contribution in [1.29, 1.82) is 0 Å². The Morgan fingerprint density at radius 3 is 2.72 bits per heavy atom. The van der Waals surface area contributed by atoms with Crippen molar-refractivity contribution in [2.75, 3.05) is 6.61 Å². The maximum absolute atomic E-state index is 9.32. The number of benzene rings is 1. The van der Waals surface area contributed by atoms with Crippen molar-refractivity contribution in [3.8, 4) is 5.75 Å². The monoisotopic (exact) mass is 253 g/mol. The van der Waals surface area contributed by atoms with Crippen molar-refractivity contribution in [2.24, 2.45) is 5.73 Å². The molecular weight excluding hydrogens is 234 g/mol. The predicted octanol–water partition coefficient (Wildman–Crippen LogP) is 1.44. The van der Waals surface area contributed by atoms with Crippen molar-refractivity contribution >= 4 is 5.97 Å². The number of aromatic hydroxyl groups is 1. The summed E-state index contributed by atoms with van der Waals surface area (Å²) in [5.41, 5.74) is 8.19. The number of carboxylic acid groups (broad SMARTS) is 1. The molecule has 0 amide bonds. The highest BCUT2D eigenvalue weighted by Gasteiger charge is 2.30. The first kappa shape index (κ1) is 14.5. The lowest BCUT2D eigenvalue weighted by molar-refractivity contribution is -0.134. The van der Waals surface area contributed by atoms with Crippen LogP contribution < -0.4 is 5.73 Å². The Morgan fingerprint density at radius 2 is 2.17 bits per heavy atom. The molecule has 4 N–H and O–H groups in total. The number of carbonyl (C=O) groups is 1. The topological polar surface area (TPSA) is 92.8 Å². The van der Waals surface area contributed by atoms with E-state index in [1.807, 2.05) is 13.0 Å². The highest BCUT2D eigenvalue weighted by Crippen LogP contribution is 2.34. The van der Waals surface area contributed by atoms with E-state index in [2.05, 4.69) is 0 Å². The first-order valence-electron chi connectivity index (χ1n) is 5.84. The molecule has 1 aromatic carbocycles. The molecule has 0 radical (unpaired) electrons. The number of nitrogens with two attached hydrogens (primary N) is 1. The summed E-state index contributed by atoms with van der Waals surface area (Å²) in [7, 11) is 0. The fourth-order valence-electron chi connectivity index (χ4n) is 2.03. The normalized spacial score (nSPS) is 20.8. The van der Waals surface area contributed by atoms with E-state index >= 15 is 0 Å². The van der Waals surface area contributed by atoms with Crippen LogP contribution in [0, 0.1) is 0 Å². The molecule has 5 heteroatoms. The number of phenolic OH excluding ortho intramolecular Hbond substituents is 1. The molecule has 0 aromatic heterocycles. The van der Waals surface area contributed by atoms with Crippen molar-refractivity contribution in [2.45, 2.75) is 32.4 Å². The smallest absolute Gasteiger partial charge is 0.300 e. The van der Waals surface area contributed by atoms with Crippen molar-refractivity contribution in [3.05, 3.63) is 29.3 Å². The summed E-state index contributed by atoms with van der Waals surface area (Å²) in [6.07, 6.45) is 0.782. The highest BCUT2D eigenvalue weighted by molar-refractivity contribution is 5.62. The van der Waals surface area contributed by atoms with E-state index in [1.54, 1.807) is 12.1 Å². The quantitative estimate of drug-likeness (QED) is 0.741. The second kappa shape index (κ2) is 6.37. The van der Waals surface area contributed by atoms with Crippen molar-refractivity contribution < 1.29 is 19.7 Å². The van der Waals surface area contributed by atoms with E-state index in [1.165, 1.54) is 0 Å². The van der Waals surface area contributed by atoms with Gasteiger partial charge in [0.25, 0.3) is 5.97 Å². The van der Waals surface area contributed by atoms with Gasteiger partial charge in [-0.3, -0.25) is 4.79 Å². The number of aliphatic carboxylic acids is 1. The Hall–Kier alpha value is -1.59. The molecule has 0 aliphatic heterocycles. The predicted molar refractivity (Wildman–Crippen MR) is 67.5 cm³/mol. The minimum atomic E-state index is -0.833. The first-order valence-corrected chi connectivity index (χ1v) is 5.84. The molecule has 0 bridgehead atoms. The minimum absolute atomic E-state index is 0.00407. The van der Waals surface area contributed by atoms with Gasteiger partial charge < -0.3 is 20.7 Å². The molecule has 1 aliphatic carbocycles. The Bertz CT molecular complexity index is 415. The first-order chi connectivity index (χ1) is 8.45. The maximum atomic E-state index is 9.32. The summed E-state index contributed by atoms with van der Waals surface area (Å²) in [5.74, 6) is -0.534. The average molecular weight is 253 g/mol. The molecule has 5 nitrogen and oxygen atoms in total. The Labute approximate surface area is 106 Å². The van der Waals surface area contributed by atoms with Gasteiger partial charge in [-0.2, -0.15) is 0 Å². The SMILES string of the molecule is CC(=O)O.CCOC1c2ccc(O)cc2CC1N. The molecule has 1 aliphatic rings. The van der Waals surface area contributed by atoms with Crippen LogP contribution in [0.15, 0.2) is 18.2 Å². The maximum Gasteiger partial charge on any atom is 0.300 e. The second-order valence-electron chi connectivity index (χ2n) is 4.15. The van der Waals surface area contributed by atoms with Crippen LogP contribution in [0.5, 0.6) is 5.75 Å². The van der Waals surface area contributed by atoms with Crippen LogP contribution in [-0.4, -0.2) is 28.8 Å². The number of carboxylic acids is 1. The summed E-state index contributed by atoms with van der Waals surface area (Å²) in [4.78, 5) is 9.00. The minimum Gasteiger partial charge on any atom is -0.508 e. The summed E-state index contributed by atoms with van der Waals surface area (Å²) in [6, 6.07) is 5.38. The van der Waals surface area contributed by atoms with Gasteiger partial charge in [-0.25, -0.2) is 0 Å². The van der Waals surface area contributed by atoms with Crippen LogP contribution in [0.1, 0.15) is 31.1 Å². The molecule has 0 spiro atoms. The van der Waals surface area contributed by atoms with Gasteiger partial charge in [0.2, 0.25) is 0 Å². The Balaban J connectivity index is 0.000000357. The molecule has 2 rings (SSSR count). The van der Waals surface area contributed by atoms with E-state index in [9.17, 15) is 5.11 Å². The van der Waals surface area contributed by atoms with Crippen molar-refractivity contribution in [1.82, 2.24) is 0 Å². The van der Waals surface area contributed by atoms with E-state index < -0.39 is 5.97 Å². The van der Waals surface area contributed by atoms with Gasteiger partial charge in [0.1, 0.15) is 5.75 Å². The van der Waals surface area contributed by atoms with Gasteiger partial charge in [0.05, 0.1) is 6.10 Å².